The highest BCUT2D eigenvalue weighted by Crippen LogP contribution is 2.17. The van der Waals surface area contributed by atoms with Gasteiger partial charge in [0.05, 0.1) is 5.75 Å². The summed E-state index contributed by atoms with van der Waals surface area (Å²) in [5.74, 6) is 0.362. The van der Waals surface area contributed by atoms with Crippen molar-refractivity contribution in [3.05, 3.63) is 0 Å². The van der Waals surface area contributed by atoms with Gasteiger partial charge in [-0.2, -0.15) is 0 Å². The highest BCUT2D eigenvalue weighted by Gasteiger charge is 2.29. The van der Waals surface area contributed by atoms with Crippen molar-refractivity contribution in [3.63, 3.8) is 0 Å². The smallest absolute Gasteiger partial charge is 0.226 e. The molecule has 1 N–H and O–H groups in total. The van der Waals surface area contributed by atoms with E-state index in [4.69, 9.17) is 0 Å². The van der Waals surface area contributed by atoms with E-state index in [-0.39, 0.29) is 41.8 Å². The van der Waals surface area contributed by atoms with Gasteiger partial charge >= 0.3 is 0 Å². The van der Waals surface area contributed by atoms with E-state index in [1.165, 1.54) is 0 Å². The van der Waals surface area contributed by atoms with Crippen LogP contribution in [0.4, 0.5) is 0 Å². The maximum atomic E-state index is 12.4. The molecule has 0 aromatic carbocycles. The molecule has 20 heavy (non-hydrogen) atoms. The number of piperidine rings is 1. The number of carbonyl (C=O) groups is 1. The fourth-order valence-corrected chi connectivity index (χ4v) is 3.71. The minimum atomic E-state index is -3.04. The number of amides is 1. The zero-order valence-electron chi connectivity index (χ0n) is 12.6. The molecule has 1 unspecified atom stereocenters. The molecule has 1 aliphatic heterocycles. The molecule has 0 bridgehead atoms. The highest BCUT2D eigenvalue weighted by atomic mass is 35.5. The molecule has 0 aromatic rings. The molecule has 1 atom stereocenters. The number of rotatable bonds is 6. The Kier molecular flexibility index (Phi) is 8.70. The summed E-state index contributed by atoms with van der Waals surface area (Å²) in [7, 11) is -3.04. The summed E-state index contributed by atoms with van der Waals surface area (Å²) in [4.78, 5) is 14.2. The lowest BCUT2D eigenvalue weighted by molar-refractivity contribution is -0.137. The number of hydrogen-bond acceptors (Lipinski definition) is 4. The van der Waals surface area contributed by atoms with Crippen molar-refractivity contribution >= 4 is 28.2 Å². The molecule has 1 aliphatic rings. The van der Waals surface area contributed by atoms with Gasteiger partial charge in [0.15, 0.2) is 9.84 Å². The summed E-state index contributed by atoms with van der Waals surface area (Å²) < 4.78 is 23.4. The van der Waals surface area contributed by atoms with Gasteiger partial charge in [0.2, 0.25) is 5.91 Å². The first-order chi connectivity index (χ1) is 8.91. The summed E-state index contributed by atoms with van der Waals surface area (Å²) >= 11 is 0. The predicted octanol–water partition coefficient (Wildman–Crippen LogP) is 1.08. The summed E-state index contributed by atoms with van der Waals surface area (Å²) in [5, 5.41) is 3.24. The first-order valence-corrected chi connectivity index (χ1v) is 8.95. The topological polar surface area (TPSA) is 66.5 Å². The first kappa shape index (κ1) is 19.7. The Labute approximate surface area is 128 Å². The lowest BCUT2D eigenvalue weighted by Gasteiger charge is -2.33. The van der Waals surface area contributed by atoms with E-state index in [1.807, 2.05) is 13.8 Å². The second-order valence-electron chi connectivity index (χ2n) is 5.20. The maximum absolute atomic E-state index is 12.4. The van der Waals surface area contributed by atoms with Gasteiger partial charge in [0.25, 0.3) is 0 Å². The average Bonchev–Trinajstić information content (AvgIpc) is 2.40. The van der Waals surface area contributed by atoms with Gasteiger partial charge in [-0.3, -0.25) is 4.79 Å². The zero-order valence-corrected chi connectivity index (χ0v) is 14.2. The van der Waals surface area contributed by atoms with Gasteiger partial charge in [-0.05, 0) is 39.8 Å². The van der Waals surface area contributed by atoms with Crippen LogP contribution in [0.1, 0.15) is 33.6 Å². The van der Waals surface area contributed by atoms with Gasteiger partial charge in [-0.25, -0.2) is 8.42 Å². The van der Waals surface area contributed by atoms with Crippen LogP contribution in [0.5, 0.6) is 0 Å². The van der Waals surface area contributed by atoms with Crippen molar-refractivity contribution in [1.82, 2.24) is 10.2 Å². The fourth-order valence-electron chi connectivity index (χ4n) is 2.56. The van der Waals surface area contributed by atoms with Crippen LogP contribution in [0, 0.1) is 5.92 Å². The minimum absolute atomic E-state index is 0. The molecule has 1 amide bonds. The molecule has 1 rings (SSSR count). The Hall–Kier alpha value is -0.330. The van der Waals surface area contributed by atoms with Crippen molar-refractivity contribution in [1.29, 1.82) is 0 Å². The van der Waals surface area contributed by atoms with Crippen molar-refractivity contribution in [2.45, 2.75) is 39.7 Å². The van der Waals surface area contributed by atoms with Crippen LogP contribution in [-0.2, 0) is 14.6 Å². The number of nitrogens with one attached hydrogen (secondary N) is 1. The van der Waals surface area contributed by atoms with Gasteiger partial charge < -0.3 is 10.2 Å². The second kappa shape index (κ2) is 8.85. The molecule has 7 heteroatoms. The van der Waals surface area contributed by atoms with Crippen molar-refractivity contribution in [3.8, 4) is 0 Å². The molecule has 0 aliphatic carbocycles. The maximum Gasteiger partial charge on any atom is 0.226 e. The van der Waals surface area contributed by atoms with Gasteiger partial charge in [0.1, 0.15) is 0 Å². The monoisotopic (exact) mass is 326 g/mol. The molecule has 0 radical (unpaired) electrons. The van der Waals surface area contributed by atoms with Crippen molar-refractivity contribution in [2.24, 2.45) is 5.92 Å². The number of carbonyl (C=O) groups excluding carboxylic acids is 1. The van der Waals surface area contributed by atoms with E-state index >= 15 is 0 Å². The first-order valence-electron chi connectivity index (χ1n) is 7.12. The molecular weight excluding hydrogens is 300 g/mol. The van der Waals surface area contributed by atoms with Crippen LogP contribution in [0.25, 0.3) is 0 Å². The number of nitrogens with zero attached hydrogens (tertiary/aromatic N) is 1. The molecular formula is C13H27ClN2O3S. The second-order valence-corrected chi connectivity index (χ2v) is 7.59. The van der Waals surface area contributed by atoms with Gasteiger partial charge in [-0.15, -0.1) is 12.4 Å². The standard InChI is InChI=1S/C13H26N2O3S.ClH/c1-4-15(11(3)10-19(17,18)5-2)13(16)12-6-8-14-9-7-12;/h11-12,14H,4-10H2,1-3H3;1H. The molecule has 0 spiro atoms. The van der Waals surface area contributed by atoms with E-state index in [9.17, 15) is 13.2 Å². The van der Waals surface area contributed by atoms with Gasteiger partial charge in [-0.1, -0.05) is 6.92 Å². The molecule has 1 fully saturated rings. The Balaban J connectivity index is 0.00000361. The number of sulfone groups is 1. The molecule has 1 heterocycles. The van der Waals surface area contributed by atoms with E-state index in [0.717, 1.165) is 25.9 Å². The Morgan fingerprint density at radius 1 is 1.30 bits per heavy atom. The van der Waals surface area contributed by atoms with E-state index in [2.05, 4.69) is 5.32 Å². The predicted molar refractivity (Wildman–Crippen MR) is 84.0 cm³/mol. The highest BCUT2D eigenvalue weighted by molar-refractivity contribution is 7.91. The third-order valence-corrected chi connectivity index (χ3v) is 5.65. The normalized spacial score (nSPS) is 18.1. The van der Waals surface area contributed by atoms with Crippen LogP contribution >= 0.6 is 12.4 Å². The van der Waals surface area contributed by atoms with Crippen molar-refractivity contribution < 1.29 is 13.2 Å². The van der Waals surface area contributed by atoms with Crippen LogP contribution in [-0.4, -0.2) is 56.4 Å². The fraction of sp³-hybridized carbons (Fsp3) is 0.923. The summed E-state index contributed by atoms with van der Waals surface area (Å²) in [6.45, 7) is 7.70. The Morgan fingerprint density at radius 2 is 1.85 bits per heavy atom. The van der Waals surface area contributed by atoms with Crippen molar-refractivity contribution in [2.75, 3.05) is 31.1 Å². The number of halogens is 1. The van der Waals surface area contributed by atoms with Gasteiger partial charge in [0, 0.05) is 24.3 Å². The van der Waals surface area contributed by atoms with Crippen LogP contribution in [0.3, 0.4) is 0 Å². The van der Waals surface area contributed by atoms with E-state index in [1.54, 1.807) is 11.8 Å². The molecule has 0 saturated carbocycles. The van der Waals surface area contributed by atoms with E-state index < -0.39 is 9.84 Å². The van der Waals surface area contributed by atoms with Crippen LogP contribution in [0.15, 0.2) is 0 Å². The molecule has 5 nitrogen and oxygen atoms in total. The lowest BCUT2D eigenvalue weighted by atomic mass is 9.96. The third-order valence-electron chi connectivity index (χ3n) is 3.78. The Morgan fingerprint density at radius 3 is 2.30 bits per heavy atom. The summed E-state index contributed by atoms with van der Waals surface area (Å²) in [6, 6.07) is -0.239. The summed E-state index contributed by atoms with van der Waals surface area (Å²) in [6.07, 6.45) is 1.70. The van der Waals surface area contributed by atoms with Crippen LogP contribution in [0.2, 0.25) is 0 Å². The van der Waals surface area contributed by atoms with Crippen LogP contribution < -0.4 is 5.32 Å². The largest absolute Gasteiger partial charge is 0.339 e. The quantitative estimate of drug-likeness (QED) is 0.793. The molecule has 1 saturated heterocycles. The van der Waals surface area contributed by atoms with E-state index in [0.29, 0.717) is 6.54 Å². The average molecular weight is 327 g/mol. The number of hydrogen-bond donors (Lipinski definition) is 1. The SMILES string of the molecule is CCN(C(=O)C1CCNCC1)C(C)CS(=O)(=O)CC.Cl. The lowest BCUT2D eigenvalue weighted by Crippen LogP contribution is -2.47. The third kappa shape index (κ3) is 5.58. The summed E-state index contributed by atoms with van der Waals surface area (Å²) in [5.41, 5.74) is 0. The molecule has 0 aromatic heterocycles. The Bertz CT molecular complexity index is 394. The minimum Gasteiger partial charge on any atom is -0.339 e. The molecule has 120 valence electrons. The zero-order chi connectivity index (χ0) is 14.5.